The van der Waals surface area contributed by atoms with Gasteiger partial charge >= 0.3 is 6.18 Å². The van der Waals surface area contributed by atoms with Gasteiger partial charge in [-0.25, -0.2) is 0 Å². The summed E-state index contributed by atoms with van der Waals surface area (Å²) in [5.74, 6) is 0.296. The first-order valence-electron chi connectivity index (χ1n) is 9.49. The maximum absolute atomic E-state index is 13.3. The molecule has 0 atom stereocenters. The summed E-state index contributed by atoms with van der Waals surface area (Å²) in [6.07, 6.45) is -4.68. The van der Waals surface area contributed by atoms with Gasteiger partial charge in [0.1, 0.15) is 18.1 Å². The van der Waals surface area contributed by atoms with E-state index in [9.17, 15) is 18.0 Å². The summed E-state index contributed by atoms with van der Waals surface area (Å²) in [6, 6.07) is 14.5. The van der Waals surface area contributed by atoms with Crippen molar-refractivity contribution in [2.75, 3.05) is 11.9 Å². The summed E-state index contributed by atoms with van der Waals surface area (Å²) in [7, 11) is 0. The lowest BCUT2D eigenvalue weighted by atomic mass is 10.1. The van der Waals surface area contributed by atoms with Crippen molar-refractivity contribution in [2.45, 2.75) is 19.7 Å². The van der Waals surface area contributed by atoms with Crippen LogP contribution in [0.3, 0.4) is 0 Å². The van der Waals surface area contributed by atoms with Crippen LogP contribution >= 0.6 is 23.2 Å². The lowest BCUT2D eigenvalue weighted by molar-refractivity contribution is -0.136. The minimum Gasteiger partial charge on any atom is -0.493 e. The number of nitrogens with one attached hydrogen (secondary N) is 1. The number of hydrogen-bond donors (Lipinski definition) is 1. The van der Waals surface area contributed by atoms with Crippen LogP contribution in [0.15, 0.2) is 60.7 Å². The van der Waals surface area contributed by atoms with Gasteiger partial charge in [0.25, 0.3) is 5.91 Å². The summed E-state index contributed by atoms with van der Waals surface area (Å²) in [4.78, 5) is 12.7. The Hall–Kier alpha value is -2.90. The number of alkyl halides is 3. The molecule has 0 saturated carbocycles. The van der Waals surface area contributed by atoms with Crippen LogP contribution in [0.25, 0.3) is 0 Å². The van der Waals surface area contributed by atoms with Gasteiger partial charge in [0, 0.05) is 21.2 Å². The lowest BCUT2D eigenvalue weighted by Gasteiger charge is -2.16. The van der Waals surface area contributed by atoms with Crippen LogP contribution < -0.4 is 14.8 Å². The molecule has 0 aliphatic rings. The first-order chi connectivity index (χ1) is 15.2. The quantitative estimate of drug-likeness (QED) is 0.385. The topological polar surface area (TPSA) is 47.6 Å². The van der Waals surface area contributed by atoms with E-state index in [0.29, 0.717) is 28.7 Å². The van der Waals surface area contributed by atoms with E-state index in [0.717, 1.165) is 12.1 Å². The molecule has 0 unspecified atom stereocenters. The monoisotopic (exact) mass is 483 g/mol. The number of halogens is 5. The van der Waals surface area contributed by atoms with Gasteiger partial charge in [0.05, 0.1) is 17.9 Å². The maximum atomic E-state index is 13.3. The fourth-order valence-corrected chi connectivity index (χ4v) is 3.25. The van der Waals surface area contributed by atoms with Crippen LogP contribution in [0.1, 0.15) is 28.4 Å². The highest BCUT2D eigenvalue weighted by Gasteiger charge is 2.34. The van der Waals surface area contributed by atoms with Gasteiger partial charge in [0.2, 0.25) is 0 Å². The van der Waals surface area contributed by atoms with Crippen molar-refractivity contribution in [3.8, 4) is 11.5 Å². The molecule has 0 aliphatic heterocycles. The van der Waals surface area contributed by atoms with Gasteiger partial charge in [-0.1, -0.05) is 29.3 Å². The molecule has 3 aromatic rings. The Labute approximate surface area is 192 Å². The Balaban J connectivity index is 1.85. The summed E-state index contributed by atoms with van der Waals surface area (Å²) in [5, 5.41) is 2.72. The third kappa shape index (κ3) is 6.08. The Morgan fingerprint density at radius 1 is 0.969 bits per heavy atom. The second-order valence-corrected chi connectivity index (χ2v) is 7.52. The van der Waals surface area contributed by atoms with Crippen LogP contribution in [-0.2, 0) is 12.8 Å². The molecule has 0 heterocycles. The molecule has 0 spiro atoms. The molecule has 3 rings (SSSR count). The Bertz CT molecular complexity index is 1120. The van der Waals surface area contributed by atoms with Gasteiger partial charge in [-0.2, -0.15) is 13.2 Å². The zero-order valence-electron chi connectivity index (χ0n) is 16.8. The van der Waals surface area contributed by atoms with Crippen molar-refractivity contribution in [3.05, 3.63) is 87.4 Å². The minimum absolute atomic E-state index is 0.0611. The van der Waals surface area contributed by atoms with E-state index >= 15 is 0 Å². The predicted octanol–water partition coefficient (Wildman–Crippen LogP) is 7.24. The number of amides is 1. The van der Waals surface area contributed by atoms with Crippen LogP contribution in [0.2, 0.25) is 10.0 Å². The summed E-state index contributed by atoms with van der Waals surface area (Å²) in [6.45, 7) is 2.25. The number of carbonyl (C=O) groups is 1. The molecule has 9 heteroatoms. The first kappa shape index (κ1) is 23.8. The highest BCUT2D eigenvalue weighted by molar-refractivity contribution is 6.31. The van der Waals surface area contributed by atoms with E-state index in [4.69, 9.17) is 32.7 Å². The molecule has 1 amide bonds. The number of ether oxygens (including phenoxy) is 2. The van der Waals surface area contributed by atoms with Crippen LogP contribution in [0.4, 0.5) is 18.9 Å². The van der Waals surface area contributed by atoms with Gasteiger partial charge in [0.15, 0.2) is 0 Å². The molecule has 32 heavy (non-hydrogen) atoms. The summed E-state index contributed by atoms with van der Waals surface area (Å²) < 4.78 is 51.3. The largest absolute Gasteiger partial charge is 0.493 e. The Kier molecular flexibility index (Phi) is 7.53. The Morgan fingerprint density at radius 2 is 1.72 bits per heavy atom. The van der Waals surface area contributed by atoms with Crippen molar-refractivity contribution in [1.29, 1.82) is 0 Å². The first-order valence-corrected chi connectivity index (χ1v) is 10.2. The van der Waals surface area contributed by atoms with Crippen molar-refractivity contribution < 1.29 is 27.4 Å². The predicted molar refractivity (Wildman–Crippen MR) is 118 cm³/mol. The summed E-state index contributed by atoms with van der Waals surface area (Å²) in [5.41, 5.74) is -0.737. The SMILES string of the molecule is CCOc1ccc(C(=O)Nc2ccc(Cl)cc2C(F)(F)F)cc1COc1cccc(Cl)c1. The molecular formula is C23H18Cl2F3NO3. The zero-order valence-corrected chi connectivity index (χ0v) is 18.3. The lowest BCUT2D eigenvalue weighted by Crippen LogP contribution is -2.17. The highest BCUT2D eigenvalue weighted by Crippen LogP contribution is 2.36. The second kappa shape index (κ2) is 10.1. The smallest absolute Gasteiger partial charge is 0.418 e. The molecule has 0 fully saturated rings. The van der Waals surface area contributed by atoms with Gasteiger partial charge in [-0.05, 0) is 61.5 Å². The van der Waals surface area contributed by atoms with Crippen molar-refractivity contribution >= 4 is 34.8 Å². The summed E-state index contributed by atoms with van der Waals surface area (Å²) >= 11 is 11.7. The normalized spacial score (nSPS) is 11.2. The van der Waals surface area contributed by atoms with Crippen LogP contribution in [-0.4, -0.2) is 12.5 Å². The zero-order chi connectivity index (χ0) is 23.3. The van der Waals surface area contributed by atoms with Crippen LogP contribution in [0.5, 0.6) is 11.5 Å². The van der Waals surface area contributed by atoms with Crippen molar-refractivity contribution in [1.82, 2.24) is 0 Å². The van der Waals surface area contributed by atoms with Gasteiger partial charge in [-0.3, -0.25) is 4.79 Å². The molecule has 168 valence electrons. The molecule has 0 bridgehead atoms. The maximum Gasteiger partial charge on any atom is 0.418 e. The number of benzene rings is 3. The van der Waals surface area contributed by atoms with Crippen molar-refractivity contribution in [3.63, 3.8) is 0 Å². The molecule has 0 aromatic heterocycles. The van der Waals surface area contributed by atoms with Gasteiger partial charge in [-0.15, -0.1) is 0 Å². The van der Waals surface area contributed by atoms with E-state index in [-0.39, 0.29) is 17.2 Å². The molecule has 4 nitrogen and oxygen atoms in total. The van der Waals surface area contributed by atoms with E-state index in [1.54, 1.807) is 37.3 Å². The number of carbonyl (C=O) groups excluding carboxylic acids is 1. The molecule has 3 aromatic carbocycles. The molecule has 0 aliphatic carbocycles. The number of rotatable bonds is 7. The third-order valence-electron chi connectivity index (χ3n) is 4.35. The molecular weight excluding hydrogens is 466 g/mol. The van der Waals surface area contributed by atoms with Crippen LogP contribution in [0, 0.1) is 0 Å². The molecule has 0 radical (unpaired) electrons. The standard InChI is InChI=1S/C23H18Cl2F3NO3/c1-2-31-21-9-6-14(10-15(21)13-32-18-5-3-4-16(24)11-18)22(30)29-20-8-7-17(25)12-19(20)23(26,27)28/h3-12H,2,13H2,1H3,(H,29,30). The average molecular weight is 484 g/mol. The third-order valence-corrected chi connectivity index (χ3v) is 4.82. The fraction of sp³-hybridized carbons (Fsp3) is 0.174. The van der Waals surface area contributed by atoms with E-state index in [1.165, 1.54) is 18.2 Å². The van der Waals surface area contributed by atoms with Crippen molar-refractivity contribution in [2.24, 2.45) is 0 Å². The number of anilines is 1. The minimum atomic E-state index is -4.68. The number of hydrogen-bond acceptors (Lipinski definition) is 3. The van der Waals surface area contributed by atoms with E-state index < -0.39 is 23.3 Å². The van der Waals surface area contributed by atoms with Gasteiger partial charge < -0.3 is 14.8 Å². The molecule has 0 saturated heterocycles. The fourth-order valence-electron chi connectivity index (χ4n) is 2.90. The average Bonchev–Trinajstić information content (AvgIpc) is 2.73. The second-order valence-electron chi connectivity index (χ2n) is 6.64. The van der Waals surface area contributed by atoms with E-state index in [2.05, 4.69) is 5.32 Å². The van der Waals surface area contributed by atoms with E-state index in [1.807, 2.05) is 0 Å². The highest BCUT2D eigenvalue weighted by atomic mass is 35.5. The molecule has 1 N–H and O–H groups in total. The Morgan fingerprint density at radius 3 is 2.41 bits per heavy atom.